The number of aromatic carboxylic acids is 1. The third kappa shape index (κ3) is 2.23. The van der Waals surface area contributed by atoms with Gasteiger partial charge < -0.3 is 14.9 Å². The Morgan fingerprint density at radius 3 is 2.71 bits per heavy atom. The molecule has 4 heteroatoms. The highest BCUT2D eigenvalue weighted by atomic mass is 16.5. The Hall–Kier alpha value is -1.55. The first-order valence-corrected chi connectivity index (χ1v) is 4.29. The van der Waals surface area contributed by atoms with E-state index >= 15 is 0 Å². The predicted octanol–water partition coefficient (Wildman–Crippen LogP) is 1.28. The molecule has 0 radical (unpaired) electrons. The van der Waals surface area contributed by atoms with Crippen LogP contribution in [0.25, 0.3) is 0 Å². The molecule has 0 aromatic heterocycles. The molecule has 2 N–H and O–H groups in total. The van der Waals surface area contributed by atoms with Gasteiger partial charge in [-0.2, -0.15) is 0 Å². The molecule has 0 fully saturated rings. The molecular weight excluding hydrogens is 184 g/mol. The molecular formula is C10H12O4. The number of hydrogen-bond donors (Lipinski definition) is 2. The van der Waals surface area contributed by atoms with E-state index in [0.29, 0.717) is 17.9 Å². The molecule has 0 bridgehead atoms. The van der Waals surface area contributed by atoms with Crippen molar-refractivity contribution in [2.75, 3.05) is 6.61 Å². The van der Waals surface area contributed by atoms with Crippen LogP contribution in [-0.4, -0.2) is 22.8 Å². The Morgan fingerprint density at radius 1 is 1.50 bits per heavy atom. The highest BCUT2D eigenvalue weighted by Crippen LogP contribution is 2.20. The van der Waals surface area contributed by atoms with E-state index in [0.717, 1.165) is 0 Å². The van der Waals surface area contributed by atoms with Crippen LogP contribution in [0.1, 0.15) is 22.8 Å². The molecule has 0 heterocycles. The van der Waals surface area contributed by atoms with E-state index in [1.807, 2.05) is 0 Å². The fraction of sp³-hybridized carbons (Fsp3) is 0.300. The van der Waals surface area contributed by atoms with Crippen molar-refractivity contribution >= 4 is 5.97 Å². The molecule has 1 aromatic carbocycles. The minimum atomic E-state index is -1.05. The van der Waals surface area contributed by atoms with Crippen molar-refractivity contribution in [3.05, 3.63) is 29.3 Å². The topological polar surface area (TPSA) is 66.8 Å². The van der Waals surface area contributed by atoms with Crippen LogP contribution in [0.2, 0.25) is 0 Å². The van der Waals surface area contributed by atoms with Crippen molar-refractivity contribution in [3.63, 3.8) is 0 Å². The summed E-state index contributed by atoms with van der Waals surface area (Å²) in [4.78, 5) is 10.8. The molecule has 0 saturated heterocycles. The molecule has 0 aliphatic heterocycles. The van der Waals surface area contributed by atoms with Crippen LogP contribution >= 0.6 is 0 Å². The summed E-state index contributed by atoms with van der Waals surface area (Å²) in [5.41, 5.74) is 0.643. The fourth-order valence-electron chi connectivity index (χ4n) is 1.12. The van der Waals surface area contributed by atoms with E-state index in [1.165, 1.54) is 6.07 Å². The molecule has 0 amide bonds. The molecule has 1 aromatic rings. The van der Waals surface area contributed by atoms with E-state index in [2.05, 4.69) is 0 Å². The third-order valence-electron chi connectivity index (χ3n) is 1.76. The standard InChI is InChI=1S/C10H12O4/c1-2-14-9-4-3-7(6-11)5-8(9)10(12)13/h3-5,11H,2,6H2,1H3,(H,12,13). The van der Waals surface area contributed by atoms with Gasteiger partial charge in [0.25, 0.3) is 0 Å². The Labute approximate surface area is 81.8 Å². The first kappa shape index (κ1) is 10.5. The maximum absolute atomic E-state index is 10.8. The fourth-order valence-corrected chi connectivity index (χ4v) is 1.12. The Kier molecular flexibility index (Phi) is 3.48. The van der Waals surface area contributed by atoms with Gasteiger partial charge in [-0.3, -0.25) is 0 Å². The number of aliphatic hydroxyl groups is 1. The lowest BCUT2D eigenvalue weighted by Crippen LogP contribution is -2.03. The molecule has 0 saturated carbocycles. The largest absolute Gasteiger partial charge is 0.493 e. The lowest BCUT2D eigenvalue weighted by molar-refractivity contribution is 0.0692. The van der Waals surface area contributed by atoms with E-state index in [-0.39, 0.29) is 12.2 Å². The number of hydrogen-bond acceptors (Lipinski definition) is 3. The summed E-state index contributed by atoms with van der Waals surface area (Å²) < 4.78 is 5.14. The molecule has 0 unspecified atom stereocenters. The normalized spacial score (nSPS) is 9.86. The van der Waals surface area contributed by atoms with Gasteiger partial charge in [0, 0.05) is 0 Å². The smallest absolute Gasteiger partial charge is 0.339 e. The second-order valence-corrected chi connectivity index (χ2v) is 2.73. The SMILES string of the molecule is CCOc1ccc(CO)cc1C(=O)O. The van der Waals surface area contributed by atoms with Crippen molar-refractivity contribution in [3.8, 4) is 5.75 Å². The van der Waals surface area contributed by atoms with Gasteiger partial charge in [0.15, 0.2) is 0 Å². The lowest BCUT2D eigenvalue weighted by atomic mass is 10.1. The summed E-state index contributed by atoms with van der Waals surface area (Å²) in [5.74, 6) is -0.721. The maximum Gasteiger partial charge on any atom is 0.339 e. The zero-order valence-corrected chi connectivity index (χ0v) is 7.86. The Morgan fingerprint density at radius 2 is 2.21 bits per heavy atom. The number of benzene rings is 1. The van der Waals surface area contributed by atoms with Crippen molar-refractivity contribution in [1.82, 2.24) is 0 Å². The summed E-state index contributed by atoms with van der Waals surface area (Å²) in [6, 6.07) is 4.60. The first-order valence-electron chi connectivity index (χ1n) is 4.29. The zero-order chi connectivity index (χ0) is 10.6. The van der Waals surface area contributed by atoms with Crippen LogP contribution in [0.3, 0.4) is 0 Å². The van der Waals surface area contributed by atoms with E-state index in [9.17, 15) is 4.79 Å². The number of ether oxygens (including phenoxy) is 1. The quantitative estimate of drug-likeness (QED) is 0.761. The average Bonchev–Trinajstić information content (AvgIpc) is 2.18. The van der Waals surface area contributed by atoms with Gasteiger partial charge >= 0.3 is 5.97 Å². The van der Waals surface area contributed by atoms with Crippen LogP contribution in [0.15, 0.2) is 18.2 Å². The molecule has 0 atom stereocenters. The second kappa shape index (κ2) is 4.62. The lowest BCUT2D eigenvalue weighted by Gasteiger charge is -2.07. The maximum atomic E-state index is 10.8. The van der Waals surface area contributed by atoms with Crippen molar-refractivity contribution in [2.24, 2.45) is 0 Å². The van der Waals surface area contributed by atoms with Gasteiger partial charge in [0.2, 0.25) is 0 Å². The van der Waals surface area contributed by atoms with Crippen LogP contribution < -0.4 is 4.74 Å². The number of carboxylic acids is 1. The van der Waals surface area contributed by atoms with E-state index < -0.39 is 5.97 Å². The third-order valence-corrected chi connectivity index (χ3v) is 1.76. The molecule has 14 heavy (non-hydrogen) atoms. The number of rotatable bonds is 4. The Balaban J connectivity index is 3.10. The minimum Gasteiger partial charge on any atom is -0.493 e. The number of carboxylic acid groups (broad SMARTS) is 1. The zero-order valence-electron chi connectivity index (χ0n) is 7.86. The highest BCUT2D eigenvalue weighted by molar-refractivity contribution is 5.91. The van der Waals surface area contributed by atoms with Gasteiger partial charge in [-0.1, -0.05) is 6.07 Å². The summed E-state index contributed by atoms with van der Waals surface area (Å²) in [6.45, 7) is 2.02. The first-order chi connectivity index (χ1) is 6.69. The number of carbonyl (C=O) groups is 1. The molecule has 76 valence electrons. The van der Waals surface area contributed by atoms with Crippen molar-refractivity contribution in [2.45, 2.75) is 13.5 Å². The summed E-state index contributed by atoms with van der Waals surface area (Å²) >= 11 is 0. The molecule has 4 nitrogen and oxygen atoms in total. The molecule has 1 rings (SSSR count). The van der Waals surface area contributed by atoms with Gasteiger partial charge in [-0.05, 0) is 24.6 Å². The van der Waals surface area contributed by atoms with Gasteiger partial charge in [0.1, 0.15) is 11.3 Å². The van der Waals surface area contributed by atoms with E-state index in [4.69, 9.17) is 14.9 Å². The van der Waals surface area contributed by atoms with Gasteiger partial charge in [-0.15, -0.1) is 0 Å². The van der Waals surface area contributed by atoms with Crippen LogP contribution in [0, 0.1) is 0 Å². The highest BCUT2D eigenvalue weighted by Gasteiger charge is 2.11. The monoisotopic (exact) mass is 196 g/mol. The number of aliphatic hydroxyl groups excluding tert-OH is 1. The van der Waals surface area contributed by atoms with Crippen molar-refractivity contribution < 1.29 is 19.7 Å². The van der Waals surface area contributed by atoms with Gasteiger partial charge in [0.05, 0.1) is 13.2 Å². The summed E-state index contributed by atoms with van der Waals surface area (Å²) in [6.07, 6.45) is 0. The van der Waals surface area contributed by atoms with E-state index in [1.54, 1.807) is 19.1 Å². The van der Waals surface area contributed by atoms with Crippen molar-refractivity contribution in [1.29, 1.82) is 0 Å². The molecule has 0 aliphatic carbocycles. The summed E-state index contributed by atoms with van der Waals surface area (Å²) in [5, 5.41) is 17.7. The molecule has 0 aliphatic rings. The Bertz CT molecular complexity index is 333. The van der Waals surface area contributed by atoms with Crippen LogP contribution in [0.5, 0.6) is 5.75 Å². The predicted molar refractivity (Wildman–Crippen MR) is 50.5 cm³/mol. The van der Waals surface area contributed by atoms with Gasteiger partial charge in [-0.25, -0.2) is 4.79 Å². The van der Waals surface area contributed by atoms with Crippen LogP contribution in [-0.2, 0) is 6.61 Å². The second-order valence-electron chi connectivity index (χ2n) is 2.73. The minimum absolute atomic E-state index is 0.0819. The average molecular weight is 196 g/mol. The molecule has 0 spiro atoms. The van der Waals surface area contributed by atoms with Crippen LogP contribution in [0.4, 0.5) is 0 Å². The summed E-state index contributed by atoms with van der Waals surface area (Å²) in [7, 11) is 0.